The second-order valence-electron chi connectivity index (χ2n) is 4.89. The van der Waals surface area contributed by atoms with Crippen LogP contribution in [0.2, 0.25) is 5.02 Å². The summed E-state index contributed by atoms with van der Waals surface area (Å²) in [6.45, 7) is 0. The molecule has 0 saturated heterocycles. The molecule has 0 radical (unpaired) electrons. The highest BCUT2D eigenvalue weighted by molar-refractivity contribution is 6.38. The van der Waals surface area contributed by atoms with E-state index in [1.54, 1.807) is 43.4 Å². The van der Waals surface area contributed by atoms with E-state index < -0.39 is 11.5 Å². The van der Waals surface area contributed by atoms with E-state index in [0.717, 1.165) is 0 Å². The summed E-state index contributed by atoms with van der Waals surface area (Å²) in [6, 6.07) is 16.2. The van der Waals surface area contributed by atoms with Crippen molar-refractivity contribution in [2.45, 2.75) is 0 Å². The smallest absolute Gasteiger partial charge is 0.265 e. The summed E-state index contributed by atoms with van der Waals surface area (Å²) in [6.07, 6.45) is 0. The zero-order valence-corrected chi connectivity index (χ0v) is 12.6. The third-order valence-corrected chi connectivity index (χ3v) is 3.89. The Balaban J connectivity index is 2.15. The Morgan fingerprint density at radius 2 is 1.68 bits per heavy atom. The van der Waals surface area contributed by atoms with E-state index in [1.807, 2.05) is 18.2 Å². The Labute approximate surface area is 132 Å². The number of para-hydroxylation sites is 2. The minimum atomic E-state index is -0.512. The molecule has 2 aromatic carbocycles. The molecule has 0 saturated carbocycles. The number of halogens is 1. The number of carbonyl (C=O) groups is 1. The molecule has 3 rings (SSSR count). The third kappa shape index (κ3) is 2.38. The van der Waals surface area contributed by atoms with Crippen LogP contribution >= 0.6 is 11.6 Å². The zero-order chi connectivity index (χ0) is 15.7. The van der Waals surface area contributed by atoms with Crippen molar-refractivity contribution in [3.63, 3.8) is 0 Å². The van der Waals surface area contributed by atoms with Crippen LogP contribution in [0.5, 0.6) is 0 Å². The molecule has 0 spiro atoms. The van der Waals surface area contributed by atoms with Crippen LogP contribution in [0.15, 0.2) is 59.4 Å². The normalized spacial score (nSPS) is 10.6. The van der Waals surface area contributed by atoms with Gasteiger partial charge in [0.05, 0.1) is 10.5 Å². The number of aromatic nitrogens is 1. The van der Waals surface area contributed by atoms with Crippen molar-refractivity contribution in [1.29, 1.82) is 0 Å². The predicted molar refractivity (Wildman–Crippen MR) is 88.6 cm³/mol. The van der Waals surface area contributed by atoms with Crippen molar-refractivity contribution < 1.29 is 4.79 Å². The summed E-state index contributed by atoms with van der Waals surface area (Å²) in [5.41, 5.74) is 0.830. The van der Waals surface area contributed by atoms with Crippen LogP contribution in [0, 0.1) is 0 Å². The molecule has 0 unspecified atom stereocenters. The molecule has 0 bridgehead atoms. The van der Waals surface area contributed by atoms with E-state index in [0.29, 0.717) is 16.6 Å². The second kappa shape index (κ2) is 5.66. The minimum Gasteiger partial charge on any atom is -0.322 e. The SMILES string of the molecule is Cn1c(=O)c(C(=O)Nc2ccccc2)c(Cl)c2ccccc21. The minimum absolute atomic E-state index is 0.0493. The summed E-state index contributed by atoms with van der Waals surface area (Å²) in [5, 5.41) is 3.54. The van der Waals surface area contributed by atoms with Crippen LogP contribution in [0.1, 0.15) is 10.4 Å². The number of nitrogens with zero attached hydrogens (tertiary/aromatic N) is 1. The number of rotatable bonds is 2. The van der Waals surface area contributed by atoms with Gasteiger partial charge in [-0.1, -0.05) is 48.0 Å². The molecule has 0 atom stereocenters. The van der Waals surface area contributed by atoms with E-state index >= 15 is 0 Å². The molecule has 110 valence electrons. The van der Waals surface area contributed by atoms with Crippen LogP contribution < -0.4 is 10.9 Å². The molecule has 22 heavy (non-hydrogen) atoms. The zero-order valence-electron chi connectivity index (χ0n) is 11.8. The second-order valence-corrected chi connectivity index (χ2v) is 5.27. The lowest BCUT2D eigenvalue weighted by Gasteiger charge is -2.11. The molecular formula is C17H13ClN2O2. The van der Waals surface area contributed by atoms with Gasteiger partial charge in [-0.15, -0.1) is 0 Å². The number of carbonyl (C=O) groups excluding carboxylic acids is 1. The number of pyridine rings is 1. The summed E-state index contributed by atoms with van der Waals surface area (Å²) in [4.78, 5) is 24.9. The first-order valence-corrected chi connectivity index (χ1v) is 7.11. The Morgan fingerprint density at radius 3 is 2.41 bits per heavy atom. The standard InChI is InChI=1S/C17H13ClN2O2/c1-20-13-10-6-5-9-12(13)15(18)14(17(20)22)16(21)19-11-7-3-2-4-8-11/h2-10H,1H3,(H,19,21). The van der Waals surface area contributed by atoms with E-state index in [-0.39, 0.29) is 10.6 Å². The fourth-order valence-electron chi connectivity index (χ4n) is 2.37. The Morgan fingerprint density at radius 1 is 1.05 bits per heavy atom. The van der Waals surface area contributed by atoms with E-state index in [4.69, 9.17) is 11.6 Å². The molecule has 0 fully saturated rings. The highest BCUT2D eigenvalue weighted by Crippen LogP contribution is 2.25. The van der Waals surface area contributed by atoms with Gasteiger partial charge in [-0.05, 0) is 18.2 Å². The summed E-state index contributed by atoms with van der Waals surface area (Å²) < 4.78 is 1.43. The number of fused-ring (bicyclic) bond motifs is 1. The van der Waals surface area contributed by atoms with Gasteiger partial charge in [0.15, 0.2) is 0 Å². The predicted octanol–water partition coefficient (Wildman–Crippen LogP) is 3.44. The van der Waals surface area contributed by atoms with Crippen LogP contribution in [-0.4, -0.2) is 10.5 Å². The first-order chi connectivity index (χ1) is 10.6. The molecule has 4 nitrogen and oxygen atoms in total. The van der Waals surface area contributed by atoms with Gasteiger partial charge in [-0.2, -0.15) is 0 Å². The quantitative estimate of drug-likeness (QED) is 0.788. The maximum Gasteiger partial charge on any atom is 0.265 e. The van der Waals surface area contributed by atoms with Crippen LogP contribution in [-0.2, 0) is 7.05 Å². The molecule has 1 aromatic heterocycles. The van der Waals surface area contributed by atoms with Gasteiger partial charge in [0.2, 0.25) is 0 Å². The maximum atomic E-state index is 12.5. The number of hydrogen-bond donors (Lipinski definition) is 1. The molecule has 0 aliphatic heterocycles. The van der Waals surface area contributed by atoms with Gasteiger partial charge >= 0.3 is 0 Å². The van der Waals surface area contributed by atoms with Crippen molar-refractivity contribution in [3.05, 3.63) is 75.5 Å². The van der Waals surface area contributed by atoms with Crippen molar-refractivity contribution >= 4 is 34.1 Å². The molecule has 1 heterocycles. The van der Waals surface area contributed by atoms with Crippen molar-refractivity contribution in [2.75, 3.05) is 5.32 Å². The van der Waals surface area contributed by atoms with E-state index in [2.05, 4.69) is 5.32 Å². The molecule has 5 heteroatoms. The number of anilines is 1. The molecule has 1 amide bonds. The molecule has 0 aliphatic carbocycles. The van der Waals surface area contributed by atoms with E-state index in [1.165, 1.54) is 4.57 Å². The fraction of sp³-hybridized carbons (Fsp3) is 0.0588. The van der Waals surface area contributed by atoms with Crippen LogP contribution in [0.4, 0.5) is 5.69 Å². The lowest BCUT2D eigenvalue weighted by atomic mass is 10.1. The molecule has 1 N–H and O–H groups in total. The maximum absolute atomic E-state index is 12.5. The van der Waals surface area contributed by atoms with Crippen LogP contribution in [0.25, 0.3) is 10.9 Å². The van der Waals surface area contributed by atoms with Gasteiger partial charge in [-0.3, -0.25) is 9.59 Å². The molecular weight excluding hydrogens is 300 g/mol. The van der Waals surface area contributed by atoms with Gasteiger partial charge in [0.25, 0.3) is 11.5 Å². The first kappa shape index (κ1) is 14.4. The Hall–Kier alpha value is -2.59. The summed E-state index contributed by atoms with van der Waals surface area (Å²) in [5.74, 6) is -0.512. The monoisotopic (exact) mass is 312 g/mol. The summed E-state index contributed by atoms with van der Waals surface area (Å²) >= 11 is 6.31. The fourth-order valence-corrected chi connectivity index (χ4v) is 2.70. The average molecular weight is 313 g/mol. The Bertz CT molecular complexity index is 917. The van der Waals surface area contributed by atoms with Gasteiger partial charge in [0, 0.05) is 18.1 Å². The van der Waals surface area contributed by atoms with Crippen molar-refractivity contribution in [2.24, 2.45) is 7.05 Å². The third-order valence-electron chi connectivity index (χ3n) is 3.50. The Kier molecular flexibility index (Phi) is 3.69. The largest absolute Gasteiger partial charge is 0.322 e. The lowest BCUT2D eigenvalue weighted by Crippen LogP contribution is -2.28. The number of amides is 1. The van der Waals surface area contributed by atoms with Crippen LogP contribution in [0.3, 0.4) is 0 Å². The van der Waals surface area contributed by atoms with Gasteiger partial charge in [0.1, 0.15) is 5.56 Å². The number of nitrogens with one attached hydrogen (secondary N) is 1. The average Bonchev–Trinajstić information content (AvgIpc) is 2.54. The van der Waals surface area contributed by atoms with Crippen molar-refractivity contribution in [3.8, 4) is 0 Å². The lowest BCUT2D eigenvalue weighted by molar-refractivity contribution is 0.102. The summed E-state index contributed by atoms with van der Waals surface area (Å²) in [7, 11) is 1.63. The topological polar surface area (TPSA) is 51.1 Å². The van der Waals surface area contributed by atoms with E-state index in [9.17, 15) is 9.59 Å². The van der Waals surface area contributed by atoms with Gasteiger partial charge in [-0.25, -0.2) is 0 Å². The molecule has 3 aromatic rings. The van der Waals surface area contributed by atoms with Gasteiger partial charge < -0.3 is 9.88 Å². The van der Waals surface area contributed by atoms with Crippen molar-refractivity contribution in [1.82, 2.24) is 4.57 Å². The first-order valence-electron chi connectivity index (χ1n) is 6.73. The highest BCUT2D eigenvalue weighted by atomic mass is 35.5. The number of hydrogen-bond acceptors (Lipinski definition) is 2. The highest BCUT2D eigenvalue weighted by Gasteiger charge is 2.20. The number of benzene rings is 2. The number of aryl methyl sites for hydroxylation is 1. The molecule has 0 aliphatic rings.